The summed E-state index contributed by atoms with van der Waals surface area (Å²) in [5.74, 6) is 0.200. The third kappa shape index (κ3) is 7.25. The molecule has 2 aromatic carbocycles. The zero-order valence-electron chi connectivity index (χ0n) is 21.2. The number of ether oxygens (including phenoxy) is 3. The van der Waals surface area contributed by atoms with Crippen molar-refractivity contribution < 1.29 is 23.8 Å². The second-order valence-electron chi connectivity index (χ2n) is 8.94. The van der Waals surface area contributed by atoms with Crippen molar-refractivity contribution in [1.29, 1.82) is 0 Å². The van der Waals surface area contributed by atoms with Crippen LogP contribution in [0.3, 0.4) is 0 Å². The van der Waals surface area contributed by atoms with Crippen LogP contribution < -0.4 is 4.74 Å². The first-order chi connectivity index (χ1) is 16.8. The quantitative estimate of drug-likeness (QED) is 0.306. The lowest BCUT2D eigenvalue weighted by Gasteiger charge is -2.24. The summed E-state index contributed by atoms with van der Waals surface area (Å²) in [4.78, 5) is 26.7. The van der Waals surface area contributed by atoms with Gasteiger partial charge in [0.05, 0.1) is 6.61 Å². The molecule has 35 heavy (non-hydrogen) atoms. The first-order valence-corrected chi connectivity index (χ1v) is 12.2. The highest BCUT2D eigenvalue weighted by Gasteiger charge is 2.31. The predicted molar refractivity (Wildman–Crippen MR) is 136 cm³/mol. The normalized spacial score (nSPS) is 11.3. The molecule has 3 aromatic rings. The van der Waals surface area contributed by atoms with E-state index < -0.39 is 11.6 Å². The van der Waals surface area contributed by atoms with E-state index in [1.165, 1.54) is 0 Å². The van der Waals surface area contributed by atoms with Crippen LogP contribution in [0.5, 0.6) is 5.75 Å². The maximum Gasteiger partial charge on any atom is 0.410 e. The molecule has 7 heteroatoms. The third-order valence-electron chi connectivity index (χ3n) is 5.74. The van der Waals surface area contributed by atoms with Crippen LogP contribution in [0.15, 0.2) is 60.8 Å². The van der Waals surface area contributed by atoms with E-state index in [-0.39, 0.29) is 12.7 Å². The molecule has 1 aromatic heterocycles. The molecule has 1 heterocycles. The molecule has 0 atom stereocenters. The van der Waals surface area contributed by atoms with E-state index in [0.29, 0.717) is 32.0 Å². The molecule has 0 aliphatic heterocycles. The van der Waals surface area contributed by atoms with E-state index in [1.807, 2.05) is 60.8 Å². The third-order valence-corrected chi connectivity index (χ3v) is 5.74. The van der Waals surface area contributed by atoms with Crippen molar-refractivity contribution in [3.63, 3.8) is 0 Å². The fraction of sp³-hybridized carbons (Fsp3) is 0.429. The Labute approximate surface area is 207 Å². The minimum absolute atomic E-state index is 0.264. The lowest BCUT2D eigenvalue weighted by atomic mass is 10.1. The average Bonchev–Trinajstić information content (AvgIpc) is 3.25. The van der Waals surface area contributed by atoms with Gasteiger partial charge in [0, 0.05) is 36.7 Å². The molecule has 0 aliphatic rings. The monoisotopic (exact) mass is 480 g/mol. The van der Waals surface area contributed by atoms with Gasteiger partial charge in [-0.15, -0.1) is 0 Å². The molecule has 7 nitrogen and oxygen atoms in total. The van der Waals surface area contributed by atoms with Gasteiger partial charge in [0.15, 0.2) is 5.60 Å². The Morgan fingerprint density at radius 3 is 2.46 bits per heavy atom. The van der Waals surface area contributed by atoms with Gasteiger partial charge in [-0.1, -0.05) is 43.7 Å². The van der Waals surface area contributed by atoms with Crippen LogP contribution >= 0.6 is 0 Å². The smallest absolute Gasteiger partial charge is 0.410 e. The maximum absolute atomic E-state index is 12.8. The van der Waals surface area contributed by atoms with Gasteiger partial charge in [-0.05, 0) is 57.0 Å². The molecule has 0 saturated carbocycles. The summed E-state index contributed by atoms with van der Waals surface area (Å²) in [7, 11) is 0. The van der Waals surface area contributed by atoms with E-state index in [0.717, 1.165) is 29.3 Å². The van der Waals surface area contributed by atoms with Crippen molar-refractivity contribution in [2.24, 2.45) is 0 Å². The Kier molecular flexibility index (Phi) is 9.18. The van der Waals surface area contributed by atoms with Crippen molar-refractivity contribution in [1.82, 2.24) is 9.47 Å². The van der Waals surface area contributed by atoms with Crippen molar-refractivity contribution in [2.45, 2.75) is 59.3 Å². The number of esters is 1. The van der Waals surface area contributed by atoms with Crippen LogP contribution in [0.4, 0.5) is 4.79 Å². The summed E-state index contributed by atoms with van der Waals surface area (Å²) in [6, 6.07) is 17.4. The fourth-order valence-corrected chi connectivity index (χ4v) is 3.76. The second-order valence-corrected chi connectivity index (χ2v) is 8.94. The minimum atomic E-state index is -1.08. The van der Waals surface area contributed by atoms with Gasteiger partial charge in [-0.2, -0.15) is 0 Å². The van der Waals surface area contributed by atoms with Crippen LogP contribution in [-0.4, -0.2) is 46.8 Å². The van der Waals surface area contributed by atoms with Crippen LogP contribution in [0.1, 0.15) is 46.1 Å². The molecule has 0 radical (unpaired) electrons. The Hall–Kier alpha value is -3.48. The lowest BCUT2D eigenvalue weighted by Crippen LogP contribution is -2.39. The molecule has 1 amide bonds. The largest absolute Gasteiger partial charge is 0.476 e. The summed E-state index contributed by atoms with van der Waals surface area (Å²) in [6.45, 7) is 9.69. The fourth-order valence-electron chi connectivity index (χ4n) is 3.76. The van der Waals surface area contributed by atoms with Gasteiger partial charge < -0.3 is 23.7 Å². The molecule has 0 fully saturated rings. The molecular weight excluding hydrogens is 444 g/mol. The lowest BCUT2D eigenvalue weighted by molar-refractivity contribution is -0.158. The molecule has 0 aliphatic carbocycles. The Balaban J connectivity index is 1.64. The number of benzene rings is 2. The van der Waals surface area contributed by atoms with Gasteiger partial charge in [-0.25, -0.2) is 9.59 Å². The van der Waals surface area contributed by atoms with Crippen LogP contribution in [0.25, 0.3) is 10.9 Å². The number of hydrogen-bond acceptors (Lipinski definition) is 5. The van der Waals surface area contributed by atoms with Crippen LogP contribution in [-0.2, 0) is 27.4 Å². The summed E-state index contributed by atoms with van der Waals surface area (Å²) in [5, 5.41) is 0.994. The van der Waals surface area contributed by atoms with Crippen molar-refractivity contribution >= 4 is 23.0 Å². The molecule has 3 rings (SSSR count). The van der Waals surface area contributed by atoms with Gasteiger partial charge in [0.2, 0.25) is 0 Å². The van der Waals surface area contributed by atoms with Gasteiger partial charge in [0.1, 0.15) is 12.4 Å². The number of aromatic nitrogens is 1. The number of fused-ring (bicyclic) bond motifs is 1. The van der Waals surface area contributed by atoms with E-state index in [2.05, 4.69) is 11.5 Å². The van der Waals surface area contributed by atoms with E-state index in [4.69, 9.17) is 14.2 Å². The maximum atomic E-state index is 12.8. The number of nitrogens with zero attached hydrogens (tertiary/aromatic N) is 2. The summed E-state index contributed by atoms with van der Waals surface area (Å²) in [6.07, 6.45) is 3.62. The Morgan fingerprint density at radius 2 is 1.74 bits per heavy atom. The highest BCUT2D eigenvalue weighted by molar-refractivity contribution is 5.82. The van der Waals surface area contributed by atoms with Crippen molar-refractivity contribution in [2.75, 3.05) is 19.7 Å². The number of rotatable bonds is 12. The number of carbonyl (C=O) groups is 2. The number of unbranched alkanes of at least 4 members (excludes halogenated alkanes) is 1. The highest BCUT2D eigenvalue weighted by Crippen LogP contribution is 2.26. The first kappa shape index (κ1) is 26.1. The highest BCUT2D eigenvalue weighted by atomic mass is 16.6. The predicted octanol–water partition coefficient (Wildman–Crippen LogP) is 5.80. The molecule has 0 spiro atoms. The molecule has 0 saturated heterocycles. The summed E-state index contributed by atoms with van der Waals surface area (Å²) >= 11 is 0. The standard InChI is InChI=1S/C28H36N2O5/c1-5-7-16-30(27(32)34-21-22-11-9-8-10-12-22)19-18-29-17-15-23-20-24(13-14-25(23)29)35-28(3,4)26(31)33-6-2/h8-15,17,20H,5-7,16,18-19,21H2,1-4H3. The Morgan fingerprint density at radius 1 is 0.971 bits per heavy atom. The summed E-state index contributed by atoms with van der Waals surface area (Å²) in [5.41, 5.74) is 0.919. The molecular formula is C28H36N2O5. The van der Waals surface area contributed by atoms with Gasteiger partial charge >= 0.3 is 12.1 Å². The van der Waals surface area contributed by atoms with Gasteiger partial charge in [0.25, 0.3) is 0 Å². The minimum Gasteiger partial charge on any atom is -0.476 e. The number of hydrogen-bond donors (Lipinski definition) is 0. The average molecular weight is 481 g/mol. The topological polar surface area (TPSA) is 70.0 Å². The van der Waals surface area contributed by atoms with Crippen LogP contribution in [0, 0.1) is 0 Å². The van der Waals surface area contributed by atoms with E-state index in [1.54, 1.807) is 25.7 Å². The van der Waals surface area contributed by atoms with Crippen LogP contribution in [0.2, 0.25) is 0 Å². The number of carbonyl (C=O) groups excluding carboxylic acids is 2. The zero-order chi connectivity index (χ0) is 25.3. The molecule has 0 bridgehead atoms. The molecule has 0 N–H and O–H groups in total. The van der Waals surface area contributed by atoms with Gasteiger partial charge in [-0.3, -0.25) is 0 Å². The molecule has 0 unspecified atom stereocenters. The first-order valence-electron chi connectivity index (χ1n) is 12.2. The van der Waals surface area contributed by atoms with Crippen molar-refractivity contribution in [3.05, 3.63) is 66.4 Å². The number of amides is 1. The second kappa shape index (κ2) is 12.3. The van der Waals surface area contributed by atoms with E-state index >= 15 is 0 Å². The SMILES string of the molecule is CCCCN(CCn1ccc2cc(OC(C)(C)C(=O)OCC)ccc21)C(=O)OCc1ccccc1. The summed E-state index contributed by atoms with van der Waals surface area (Å²) < 4.78 is 18.7. The molecule has 188 valence electrons. The van der Waals surface area contributed by atoms with E-state index in [9.17, 15) is 9.59 Å². The Bertz CT molecular complexity index is 1110. The van der Waals surface area contributed by atoms with Crippen molar-refractivity contribution in [3.8, 4) is 5.75 Å². The zero-order valence-corrected chi connectivity index (χ0v) is 21.2.